The Balaban J connectivity index is 1.57. The predicted octanol–water partition coefficient (Wildman–Crippen LogP) is 5.23. The molecule has 3 aromatic rings. The lowest BCUT2D eigenvalue weighted by molar-refractivity contribution is 0.450. The van der Waals surface area contributed by atoms with Gasteiger partial charge in [0.2, 0.25) is 5.95 Å². The zero-order chi connectivity index (χ0) is 20.0. The molecular weight excluding hydrogens is 382 g/mol. The molecule has 0 radical (unpaired) electrons. The topological polar surface area (TPSA) is 61.9 Å². The van der Waals surface area contributed by atoms with Crippen LogP contribution < -0.4 is 16.0 Å². The first-order chi connectivity index (χ1) is 14.1. The lowest BCUT2D eigenvalue weighted by Gasteiger charge is -2.28. The van der Waals surface area contributed by atoms with Crippen LogP contribution in [0.15, 0.2) is 36.4 Å². The second-order valence-corrected chi connectivity index (χ2v) is 8.76. The summed E-state index contributed by atoms with van der Waals surface area (Å²) in [5.41, 5.74) is 4.26. The van der Waals surface area contributed by atoms with Crippen LogP contribution in [0, 0.1) is 12.8 Å². The quantitative estimate of drug-likeness (QED) is 0.522. The van der Waals surface area contributed by atoms with Crippen molar-refractivity contribution in [3.63, 3.8) is 0 Å². The standard InChI is InChI=1S/C23H26ClN5/c1-13-6-9-17(10-20(13)24)27-23-28-21-18(16-11-25-12-16)4-3-5-19(21)22(29-23)26-14(2)15-7-8-15/h3-6,9-10,14-16,25H,7-8,11-12H2,1-2H3,(H2,26,27,28,29)/t14-/m1/s1. The Bertz CT molecular complexity index is 1060. The normalized spacial score (nSPS) is 17.8. The minimum Gasteiger partial charge on any atom is -0.367 e. The number of hydrogen-bond donors (Lipinski definition) is 3. The first-order valence-corrected chi connectivity index (χ1v) is 10.8. The SMILES string of the molecule is Cc1ccc(Nc2nc(N[C@H](C)C3CC3)c3cccc(C4CNC4)c3n2)cc1Cl. The van der Waals surface area contributed by atoms with Crippen LogP contribution in [0.5, 0.6) is 0 Å². The van der Waals surface area contributed by atoms with Gasteiger partial charge in [-0.3, -0.25) is 0 Å². The summed E-state index contributed by atoms with van der Waals surface area (Å²) in [5, 5.41) is 12.2. The van der Waals surface area contributed by atoms with Gasteiger partial charge in [-0.1, -0.05) is 29.8 Å². The molecule has 3 N–H and O–H groups in total. The van der Waals surface area contributed by atoms with Crippen molar-refractivity contribution < 1.29 is 0 Å². The van der Waals surface area contributed by atoms with E-state index in [1.807, 2.05) is 25.1 Å². The number of nitrogens with zero attached hydrogens (tertiary/aromatic N) is 2. The Morgan fingerprint density at radius 3 is 2.66 bits per heavy atom. The molecule has 0 bridgehead atoms. The molecule has 29 heavy (non-hydrogen) atoms. The average molecular weight is 408 g/mol. The number of aryl methyl sites for hydroxylation is 1. The van der Waals surface area contributed by atoms with E-state index in [-0.39, 0.29) is 0 Å². The van der Waals surface area contributed by atoms with Crippen LogP contribution >= 0.6 is 11.6 Å². The van der Waals surface area contributed by atoms with Crippen LogP contribution in [0.3, 0.4) is 0 Å². The summed E-state index contributed by atoms with van der Waals surface area (Å²) < 4.78 is 0. The fraction of sp³-hybridized carbons (Fsp3) is 0.391. The molecule has 2 fully saturated rings. The highest BCUT2D eigenvalue weighted by molar-refractivity contribution is 6.31. The highest BCUT2D eigenvalue weighted by atomic mass is 35.5. The second kappa shape index (κ2) is 7.47. The molecular formula is C23H26ClN5. The molecule has 1 saturated carbocycles. The van der Waals surface area contributed by atoms with Crippen LogP contribution in [0.25, 0.3) is 10.9 Å². The molecule has 2 heterocycles. The predicted molar refractivity (Wildman–Crippen MR) is 120 cm³/mol. The van der Waals surface area contributed by atoms with Crippen molar-refractivity contribution in [3.8, 4) is 0 Å². The third-order valence-electron chi connectivity index (χ3n) is 6.10. The third-order valence-corrected chi connectivity index (χ3v) is 6.51. The van der Waals surface area contributed by atoms with Gasteiger partial charge in [0.1, 0.15) is 5.82 Å². The Labute approximate surface area is 176 Å². The molecule has 5 rings (SSSR count). The van der Waals surface area contributed by atoms with E-state index in [1.165, 1.54) is 18.4 Å². The molecule has 1 aliphatic heterocycles. The Kier molecular flexibility index (Phi) is 4.80. The highest BCUT2D eigenvalue weighted by Crippen LogP contribution is 2.36. The van der Waals surface area contributed by atoms with E-state index < -0.39 is 0 Å². The Morgan fingerprint density at radius 2 is 1.97 bits per heavy atom. The summed E-state index contributed by atoms with van der Waals surface area (Å²) in [6, 6.07) is 12.8. The Hall–Kier alpha value is -2.37. The van der Waals surface area contributed by atoms with Crippen molar-refractivity contribution in [3.05, 3.63) is 52.5 Å². The van der Waals surface area contributed by atoms with Gasteiger partial charge in [-0.25, -0.2) is 4.98 Å². The van der Waals surface area contributed by atoms with Crippen LogP contribution in [0.1, 0.15) is 36.8 Å². The largest absolute Gasteiger partial charge is 0.367 e. The van der Waals surface area contributed by atoms with Gasteiger partial charge in [-0.05, 0) is 61.9 Å². The smallest absolute Gasteiger partial charge is 0.229 e. The summed E-state index contributed by atoms with van der Waals surface area (Å²) >= 11 is 6.31. The van der Waals surface area contributed by atoms with Gasteiger partial charge >= 0.3 is 0 Å². The van der Waals surface area contributed by atoms with Crippen molar-refractivity contribution in [1.29, 1.82) is 0 Å². The monoisotopic (exact) mass is 407 g/mol. The maximum Gasteiger partial charge on any atom is 0.229 e. The maximum absolute atomic E-state index is 6.31. The van der Waals surface area contributed by atoms with E-state index in [1.54, 1.807) is 0 Å². The summed E-state index contributed by atoms with van der Waals surface area (Å²) in [4.78, 5) is 9.77. The second-order valence-electron chi connectivity index (χ2n) is 8.35. The van der Waals surface area contributed by atoms with E-state index in [2.05, 4.69) is 41.1 Å². The molecule has 0 amide bonds. The number of nitrogens with one attached hydrogen (secondary N) is 3. The highest BCUT2D eigenvalue weighted by Gasteiger charge is 2.29. The summed E-state index contributed by atoms with van der Waals surface area (Å²) in [5.74, 6) is 2.75. The van der Waals surface area contributed by atoms with E-state index in [4.69, 9.17) is 21.6 Å². The van der Waals surface area contributed by atoms with Crippen LogP contribution in [-0.4, -0.2) is 29.1 Å². The van der Waals surface area contributed by atoms with Crippen LogP contribution in [0.2, 0.25) is 5.02 Å². The summed E-state index contributed by atoms with van der Waals surface area (Å²) in [7, 11) is 0. The van der Waals surface area contributed by atoms with E-state index >= 15 is 0 Å². The molecule has 150 valence electrons. The maximum atomic E-state index is 6.31. The number of fused-ring (bicyclic) bond motifs is 1. The van der Waals surface area contributed by atoms with Gasteiger partial charge in [-0.15, -0.1) is 0 Å². The fourth-order valence-electron chi connectivity index (χ4n) is 3.91. The molecule has 1 aliphatic carbocycles. The van der Waals surface area contributed by atoms with Gasteiger partial charge in [-0.2, -0.15) is 4.98 Å². The van der Waals surface area contributed by atoms with Gasteiger partial charge < -0.3 is 16.0 Å². The van der Waals surface area contributed by atoms with Crippen LogP contribution in [0.4, 0.5) is 17.5 Å². The first-order valence-electron chi connectivity index (χ1n) is 10.4. The molecule has 5 nitrogen and oxygen atoms in total. The molecule has 1 saturated heterocycles. The minimum absolute atomic E-state index is 0.406. The molecule has 0 unspecified atom stereocenters. The number of rotatable bonds is 6. The number of para-hydroxylation sites is 1. The van der Waals surface area contributed by atoms with Crippen molar-refractivity contribution in [1.82, 2.24) is 15.3 Å². The number of hydrogen-bond acceptors (Lipinski definition) is 5. The van der Waals surface area contributed by atoms with Gasteiger partial charge in [0.05, 0.1) is 5.52 Å². The van der Waals surface area contributed by atoms with E-state index in [9.17, 15) is 0 Å². The van der Waals surface area contributed by atoms with Crippen molar-refractivity contribution in [2.75, 3.05) is 23.7 Å². The van der Waals surface area contributed by atoms with Gasteiger partial charge in [0.15, 0.2) is 0 Å². The van der Waals surface area contributed by atoms with E-state index in [0.29, 0.717) is 17.9 Å². The zero-order valence-corrected chi connectivity index (χ0v) is 17.6. The molecule has 2 aliphatic rings. The van der Waals surface area contributed by atoms with Gasteiger partial charge in [0, 0.05) is 41.1 Å². The molecule has 1 aromatic heterocycles. The zero-order valence-electron chi connectivity index (χ0n) is 16.8. The number of benzene rings is 2. The molecule has 1 atom stereocenters. The van der Waals surface area contributed by atoms with E-state index in [0.717, 1.165) is 52.0 Å². The lowest BCUT2D eigenvalue weighted by Crippen LogP contribution is -2.40. The van der Waals surface area contributed by atoms with Crippen molar-refractivity contribution >= 4 is 40.0 Å². The average Bonchev–Trinajstić information content (AvgIpc) is 3.49. The van der Waals surface area contributed by atoms with Crippen molar-refractivity contribution in [2.45, 2.75) is 38.6 Å². The molecule has 6 heteroatoms. The lowest BCUT2D eigenvalue weighted by atomic mass is 9.92. The Morgan fingerprint density at radius 1 is 1.14 bits per heavy atom. The van der Waals surface area contributed by atoms with Crippen molar-refractivity contribution in [2.24, 2.45) is 5.92 Å². The van der Waals surface area contributed by atoms with Crippen LogP contribution in [-0.2, 0) is 0 Å². The number of anilines is 3. The van der Waals surface area contributed by atoms with Gasteiger partial charge in [0.25, 0.3) is 0 Å². The molecule has 0 spiro atoms. The molecule has 2 aromatic carbocycles. The number of halogens is 1. The summed E-state index contributed by atoms with van der Waals surface area (Å²) in [6.07, 6.45) is 2.59. The minimum atomic E-state index is 0.406. The number of aromatic nitrogens is 2. The fourth-order valence-corrected chi connectivity index (χ4v) is 4.09. The first kappa shape index (κ1) is 18.6. The summed E-state index contributed by atoms with van der Waals surface area (Å²) in [6.45, 7) is 6.25. The third kappa shape index (κ3) is 3.77.